The van der Waals surface area contributed by atoms with Gasteiger partial charge in [0.25, 0.3) is 0 Å². The van der Waals surface area contributed by atoms with Crippen molar-refractivity contribution >= 4 is 54.6 Å². The van der Waals surface area contributed by atoms with Gasteiger partial charge in [-0.1, -0.05) is 253 Å². The highest BCUT2D eigenvalue weighted by atomic mass is 15.3. The molecule has 384 valence electrons. The predicted molar refractivity (Wildman–Crippen MR) is 333 cm³/mol. The Balaban J connectivity index is 0.000000149. The quantitative estimate of drug-likeness (QED) is 0.161. The average Bonchev–Trinajstić information content (AvgIpc) is 4.36. The lowest BCUT2D eigenvalue weighted by Crippen LogP contribution is -2.14. The third-order valence-electron chi connectivity index (χ3n) is 15.6. The van der Waals surface area contributed by atoms with Crippen molar-refractivity contribution in [3.63, 3.8) is 0 Å². The SMILES string of the molecule is CC.CC.Cc1ccc(-c2nnc3c4ccccc4c4cc(-c5ccc(-c6ccccc6)cc5)ccc4n23)cc1.Cc1ccc(-c2nnc3c4ccccc4c4cc(-c5ccc6c(c5)C(C)(C)c5ccccc5-6)ccc4n23)cc1. The highest BCUT2D eigenvalue weighted by Gasteiger charge is 2.35. The number of rotatable bonds is 5. The van der Waals surface area contributed by atoms with Crippen LogP contribution in [0.1, 0.15) is 63.8 Å². The fourth-order valence-corrected chi connectivity index (χ4v) is 11.6. The van der Waals surface area contributed by atoms with Crippen molar-refractivity contribution in [2.45, 2.75) is 60.8 Å². The molecular formula is C73H62N6. The van der Waals surface area contributed by atoms with Crippen LogP contribution in [0.25, 0.3) is 122 Å². The monoisotopic (exact) mass is 1020 g/mol. The molecule has 6 nitrogen and oxygen atoms in total. The summed E-state index contributed by atoms with van der Waals surface area (Å²) in [5.41, 5.74) is 21.3. The van der Waals surface area contributed by atoms with E-state index in [0.717, 1.165) is 55.9 Å². The first kappa shape index (κ1) is 50.3. The van der Waals surface area contributed by atoms with Crippen LogP contribution in [0.2, 0.25) is 0 Å². The van der Waals surface area contributed by atoms with Crippen LogP contribution in [-0.2, 0) is 5.41 Å². The van der Waals surface area contributed by atoms with Crippen molar-refractivity contribution < 1.29 is 0 Å². The number of fused-ring (bicyclic) bond motifs is 15. The second-order valence-electron chi connectivity index (χ2n) is 20.5. The number of aryl methyl sites for hydroxylation is 2. The van der Waals surface area contributed by atoms with Gasteiger partial charge < -0.3 is 0 Å². The Morgan fingerprint density at radius 1 is 0.291 bits per heavy atom. The smallest absolute Gasteiger partial charge is 0.169 e. The fourth-order valence-electron chi connectivity index (χ4n) is 11.6. The van der Waals surface area contributed by atoms with Gasteiger partial charge in [0.05, 0.1) is 11.0 Å². The van der Waals surface area contributed by atoms with E-state index in [9.17, 15) is 0 Å². The molecule has 0 amide bonds. The standard InChI is InChI=1S/C36H27N3.C33H23N3.2C2H6/c1-22-12-14-23(15-13-22)34-37-38-35-29-10-5-4-8-26(29)30-20-24(17-19-33(30)39(34)35)25-16-18-28-27-9-6-7-11-31(27)36(2,3)32(28)21-25;1-22-11-13-26(14-12-22)32-34-35-33-29-10-6-5-9-28(29)30-21-27(19-20-31(30)36(32)33)25-17-15-24(16-18-25)23-7-3-2-4-8-23;2*1-2/h4-21H,1-3H3;2-21H,1H3;2*1-2H3. The summed E-state index contributed by atoms with van der Waals surface area (Å²) < 4.78 is 4.42. The second kappa shape index (κ2) is 20.8. The number of nitrogens with zero attached hydrogens (tertiary/aromatic N) is 6. The lowest BCUT2D eigenvalue weighted by Gasteiger charge is -2.22. The first-order chi connectivity index (χ1) is 38.8. The Kier molecular flexibility index (Phi) is 13.2. The van der Waals surface area contributed by atoms with Crippen LogP contribution in [0.5, 0.6) is 0 Å². The molecule has 10 aromatic carbocycles. The normalized spacial score (nSPS) is 12.2. The second-order valence-corrected chi connectivity index (χ2v) is 20.5. The first-order valence-corrected chi connectivity index (χ1v) is 27.7. The maximum absolute atomic E-state index is 4.66. The van der Waals surface area contributed by atoms with Crippen LogP contribution in [0.3, 0.4) is 0 Å². The highest BCUT2D eigenvalue weighted by molar-refractivity contribution is 6.14. The molecule has 0 saturated heterocycles. The summed E-state index contributed by atoms with van der Waals surface area (Å²) in [5.74, 6) is 1.73. The number of aromatic nitrogens is 6. The van der Waals surface area contributed by atoms with E-state index in [0.29, 0.717) is 0 Å². The van der Waals surface area contributed by atoms with Crippen LogP contribution in [0.15, 0.2) is 231 Å². The lowest BCUT2D eigenvalue weighted by atomic mass is 9.81. The topological polar surface area (TPSA) is 60.4 Å². The average molecular weight is 1020 g/mol. The summed E-state index contributed by atoms with van der Waals surface area (Å²) in [6, 6.07) is 82.7. The molecule has 1 aliphatic rings. The molecule has 0 spiro atoms. The molecule has 0 unspecified atom stereocenters. The molecule has 79 heavy (non-hydrogen) atoms. The Bertz CT molecular complexity index is 4550. The highest BCUT2D eigenvalue weighted by Crippen LogP contribution is 2.50. The maximum atomic E-state index is 4.66. The number of hydrogen-bond acceptors (Lipinski definition) is 4. The van der Waals surface area contributed by atoms with Crippen LogP contribution in [-0.4, -0.2) is 29.2 Å². The number of hydrogen-bond donors (Lipinski definition) is 0. The zero-order valence-corrected chi connectivity index (χ0v) is 46.1. The summed E-state index contributed by atoms with van der Waals surface area (Å²) in [6.45, 7) is 16.9. The van der Waals surface area contributed by atoms with Crippen molar-refractivity contribution in [1.29, 1.82) is 0 Å². The van der Waals surface area contributed by atoms with E-state index in [4.69, 9.17) is 0 Å². The summed E-state index contributed by atoms with van der Waals surface area (Å²) in [7, 11) is 0. The molecule has 0 saturated carbocycles. The van der Waals surface area contributed by atoms with Gasteiger partial charge >= 0.3 is 0 Å². The van der Waals surface area contributed by atoms with Crippen molar-refractivity contribution in [2.75, 3.05) is 0 Å². The zero-order valence-electron chi connectivity index (χ0n) is 46.1. The van der Waals surface area contributed by atoms with E-state index in [1.807, 2.05) is 33.8 Å². The molecule has 0 N–H and O–H groups in total. The van der Waals surface area contributed by atoms with Gasteiger partial charge in [-0.3, -0.25) is 8.80 Å². The summed E-state index contributed by atoms with van der Waals surface area (Å²) in [6.07, 6.45) is 0. The van der Waals surface area contributed by atoms with Crippen molar-refractivity contribution in [2.24, 2.45) is 0 Å². The van der Waals surface area contributed by atoms with E-state index in [2.05, 4.69) is 281 Å². The van der Waals surface area contributed by atoms with Crippen molar-refractivity contribution in [3.8, 4) is 67.3 Å². The number of pyridine rings is 2. The fraction of sp³-hybridized carbons (Fsp3) is 0.123. The predicted octanol–water partition coefficient (Wildman–Crippen LogP) is 19.4. The molecule has 0 fully saturated rings. The third kappa shape index (κ3) is 8.70. The third-order valence-corrected chi connectivity index (χ3v) is 15.6. The van der Waals surface area contributed by atoms with Gasteiger partial charge in [0, 0.05) is 38.1 Å². The Labute approximate surface area is 462 Å². The molecule has 15 rings (SSSR count). The van der Waals surface area contributed by atoms with E-state index in [1.165, 1.54) is 88.3 Å². The Hall–Kier alpha value is -9.52. The molecular weight excluding hydrogens is 961 g/mol. The van der Waals surface area contributed by atoms with E-state index in [1.54, 1.807) is 0 Å². The zero-order chi connectivity index (χ0) is 54.4. The van der Waals surface area contributed by atoms with Gasteiger partial charge in [0.1, 0.15) is 0 Å². The molecule has 4 heterocycles. The molecule has 0 aliphatic heterocycles. The number of benzene rings is 10. The van der Waals surface area contributed by atoms with Crippen LogP contribution in [0.4, 0.5) is 0 Å². The van der Waals surface area contributed by atoms with E-state index < -0.39 is 0 Å². The van der Waals surface area contributed by atoms with Crippen molar-refractivity contribution in [3.05, 3.63) is 253 Å². The van der Waals surface area contributed by atoms with Crippen LogP contribution in [0, 0.1) is 13.8 Å². The van der Waals surface area contributed by atoms with Gasteiger partial charge in [0.15, 0.2) is 22.9 Å². The van der Waals surface area contributed by atoms with Crippen molar-refractivity contribution in [1.82, 2.24) is 29.2 Å². The Morgan fingerprint density at radius 2 is 0.658 bits per heavy atom. The summed E-state index contributed by atoms with van der Waals surface area (Å²) in [4.78, 5) is 0. The minimum absolute atomic E-state index is 0.0247. The molecule has 1 aliphatic carbocycles. The molecule has 0 atom stereocenters. The molecule has 0 bridgehead atoms. The van der Waals surface area contributed by atoms with Gasteiger partial charge in [-0.2, -0.15) is 0 Å². The maximum Gasteiger partial charge on any atom is 0.169 e. The van der Waals surface area contributed by atoms with Gasteiger partial charge in [-0.05, 0) is 111 Å². The molecule has 0 radical (unpaired) electrons. The minimum Gasteiger partial charge on any atom is -0.274 e. The van der Waals surface area contributed by atoms with Gasteiger partial charge in [-0.25, -0.2) is 0 Å². The lowest BCUT2D eigenvalue weighted by molar-refractivity contribution is 0.660. The van der Waals surface area contributed by atoms with Gasteiger partial charge in [0.2, 0.25) is 0 Å². The summed E-state index contributed by atoms with van der Waals surface area (Å²) >= 11 is 0. The molecule has 4 aromatic heterocycles. The van der Waals surface area contributed by atoms with Crippen LogP contribution < -0.4 is 0 Å². The summed E-state index contributed by atoms with van der Waals surface area (Å²) in [5, 5.41) is 25.6. The Morgan fingerprint density at radius 3 is 1.18 bits per heavy atom. The van der Waals surface area contributed by atoms with E-state index in [-0.39, 0.29) is 5.41 Å². The van der Waals surface area contributed by atoms with Crippen LogP contribution >= 0.6 is 0 Å². The van der Waals surface area contributed by atoms with E-state index >= 15 is 0 Å². The van der Waals surface area contributed by atoms with Gasteiger partial charge in [-0.15, -0.1) is 20.4 Å². The molecule has 14 aromatic rings. The first-order valence-electron chi connectivity index (χ1n) is 27.7. The minimum atomic E-state index is -0.0247. The largest absolute Gasteiger partial charge is 0.274 e. The molecule has 6 heteroatoms.